The Hall–Kier alpha value is -2.90. The molecule has 1 N–H and O–H groups in total. The molecular formula is C18H20N4O4. The Morgan fingerprint density at radius 2 is 2.08 bits per heavy atom. The fourth-order valence-electron chi connectivity index (χ4n) is 3.30. The highest BCUT2D eigenvalue weighted by Crippen LogP contribution is 2.28. The molecule has 0 radical (unpaired) electrons. The van der Waals surface area contributed by atoms with E-state index in [9.17, 15) is 9.59 Å². The lowest BCUT2D eigenvalue weighted by atomic mass is 9.95. The number of nitrogens with zero attached hydrogens (tertiary/aromatic N) is 3. The van der Waals surface area contributed by atoms with E-state index < -0.39 is 5.76 Å². The van der Waals surface area contributed by atoms with Crippen molar-refractivity contribution in [1.29, 1.82) is 0 Å². The highest BCUT2D eigenvalue weighted by molar-refractivity contribution is 6.04. The van der Waals surface area contributed by atoms with E-state index in [2.05, 4.69) is 15.1 Å². The molecule has 3 aromatic rings. The number of piperidine rings is 1. The summed E-state index contributed by atoms with van der Waals surface area (Å²) in [4.78, 5) is 33.1. The predicted molar refractivity (Wildman–Crippen MR) is 93.1 cm³/mol. The number of nitrogens with one attached hydrogen (secondary N) is 1. The highest BCUT2D eigenvalue weighted by Gasteiger charge is 2.29. The molecule has 8 heteroatoms. The number of rotatable bonds is 3. The monoisotopic (exact) mass is 356 g/mol. The standard InChI is InChI=1S/C18H20N4O4/c1-10(2)16-20-15(21-26-16)11-6-8-22(9-7-11)17(23)12-4-3-5-13-14(12)25-18(24)19-13/h3-5,10-11H,6-9H2,1-2H3,(H,19,24). The zero-order valence-corrected chi connectivity index (χ0v) is 14.7. The summed E-state index contributed by atoms with van der Waals surface area (Å²) < 4.78 is 10.4. The van der Waals surface area contributed by atoms with Crippen LogP contribution in [-0.2, 0) is 0 Å². The number of oxazole rings is 1. The maximum Gasteiger partial charge on any atom is 0.417 e. The van der Waals surface area contributed by atoms with Crippen LogP contribution in [0.15, 0.2) is 31.9 Å². The Morgan fingerprint density at radius 1 is 1.31 bits per heavy atom. The summed E-state index contributed by atoms with van der Waals surface area (Å²) in [7, 11) is 0. The first-order chi connectivity index (χ1) is 12.5. The molecule has 1 aromatic carbocycles. The molecule has 0 atom stereocenters. The van der Waals surface area contributed by atoms with Gasteiger partial charge in [0.2, 0.25) is 5.89 Å². The van der Waals surface area contributed by atoms with Gasteiger partial charge in [-0.05, 0) is 25.0 Å². The molecule has 1 aliphatic heterocycles. The molecule has 26 heavy (non-hydrogen) atoms. The Kier molecular flexibility index (Phi) is 4.10. The van der Waals surface area contributed by atoms with E-state index in [1.165, 1.54) is 0 Å². The number of para-hydroxylation sites is 1. The van der Waals surface area contributed by atoms with Gasteiger partial charge in [0, 0.05) is 24.9 Å². The first-order valence-electron chi connectivity index (χ1n) is 8.77. The minimum atomic E-state index is -0.558. The van der Waals surface area contributed by atoms with Gasteiger partial charge in [0.15, 0.2) is 11.4 Å². The summed E-state index contributed by atoms with van der Waals surface area (Å²) in [5.41, 5.74) is 1.24. The van der Waals surface area contributed by atoms with Crippen LogP contribution in [0, 0.1) is 0 Å². The summed E-state index contributed by atoms with van der Waals surface area (Å²) in [5, 5.41) is 4.09. The first kappa shape index (κ1) is 16.6. The minimum Gasteiger partial charge on any atom is -0.407 e. The second kappa shape index (κ2) is 6.44. The van der Waals surface area contributed by atoms with Crippen LogP contribution < -0.4 is 5.76 Å². The van der Waals surface area contributed by atoms with Gasteiger partial charge in [0.25, 0.3) is 5.91 Å². The average Bonchev–Trinajstić information content (AvgIpc) is 3.27. The van der Waals surface area contributed by atoms with Gasteiger partial charge in [-0.25, -0.2) is 4.79 Å². The number of amides is 1. The summed E-state index contributed by atoms with van der Waals surface area (Å²) >= 11 is 0. The highest BCUT2D eigenvalue weighted by atomic mass is 16.5. The largest absolute Gasteiger partial charge is 0.417 e. The zero-order chi connectivity index (χ0) is 18.3. The van der Waals surface area contributed by atoms with Crippen molar-refractivity contribution in [2.24, 2.45) is 0 Å². The van der Waals surface area contributed by atoms with Gasteiger partial charge in [-0.1, -0.05) is 25.1 Å². The molecule has 0 saturated carbocycles. The van der Waals surface area contributed by atoms with Crippen LogP contribution in [0.25, 0.3) is 11.1 Å². The van der Waals surface area contributed by atoms with Crippen molar-refractivity contribution in [1.82, 2.24) is 20.0 Å². The van der Waals surface area contributed by atoms with Gasteiger partial charge >= 0.3 is 5.76 Å². The number of fused-ring (bicyclic) bond motifs is 1. The predicted octanol–water partition coefficient (Wildman–Crippen LogP) is 2.65. The van der Waals surface area contributed by atoms with Gasteiger partial charge in [0.05, 0.1) is 11.1 Å². The Bertz CT molecular complexity index is 992. The van der Waals surface area contributed by atoms with Crippen molar-refractivity contribution in [3.63, 3.8) is 0 Å². The normalized spacial score (nSPS) is 15.9. The average molecular weight is 356 g/mol. The van der Waals surface area contributed by atoms with Crippen molar-refractivity contribution in [3.05, 3.63) is 46.0 Å². The lowest BCUT2D eigenvalue weighted by Gasteiger charge is -2.30. The Balaban J connectivity index is 1.48. The quantitative estimate of drug-likeness (QED) is 0.773. The van der Waals surface area contributed by atoms with Crippen molar-refractivity contribution >= 4 is 17.0 Å². The third-order valence-electron chi connectivity index (χ3n) is 4.78. The topological polar surface area (TPSA) is 105 Å². The van der Waals surface area contributed by atoms with Crippen LogP contribution in [0.4, 0.5) is 0 Å². The summed E-state index contributed by atoms with van der Waals surface area (Å²) in [6, 6.07) is 5.13. The zero-order valence-electron chi connectivity index (χ0n) is 14.7. The number of hydrogen-bond acceptors (Lipinski definition) is 6. The van der Waals surface area contributed by atoms with Crippen molar-refractivity contribution in [3.8, 4) is 0 Å². The van der Waals surface area contributed by atoms with Crippen molar-refractivity contribution in [2.45, 2.75) is 38.5 Å². The molecule has 1 amide bonds. The third kappa shape index (κ3) is 2.91. The van der Waals surface area contributed by atoms with Gasteiger partial charge in [0.1, 0.15) is 0 Å². The molecule has 0 bridgehead atoms. The maximum absolute atomic E-state index is 12.9. The molecule has 8 nitrogen and oxygen atoms in total. The molecule has 0 aliphatic carbocycles. The Morgan fingerprint density at radius 3 is 2.77 bits per heavy atom. The maximum atomic E-state index is 12.9. The number of carbonyl (C=O) groups is 1. The molecule has 0 unspecified atom stereocenters. The third-order valence-corrected chi connectivity index (χ3v) is 4.78. The molecule has 136 valence electrons. The SMILES string of the molecule is CC(C)c1nc(C2CCN(C(=O)c3cccc4[nH]c(=O)oc34)CC2)no1. The van der Waals surface area contributed by atoms with Crippen LogP contribution in [0.3, 0.4) is 0 Å². The van der Waals surface area contributed by atoms with Gasteiger partial charge in [-0.2, -0.15) is 4.98 Å². The number of H-pyrrole nitrogens is 1. The molecule has 2 aromatic heterocycles. The molecule has 1 aliphatic rings. The minimum absolute atomic E-state index is 0.132. The van der Waals surface area contributed by atoms with E-state index in [-0.39, 0.29) is 17.7 Å². The van der Waals surface area contributed by atoms with Gasteiger partial charge in [-0.3, -0.25) is 9.78 Å². The summed E-state index contributed by atoms with van der Waals surface area (Å²) in [6.07, 6.45) is 1.55. The van der Waals surface area contributed by atoms with E-state index in [0.717, 1.165) is 18.7 Å². The molecule has 3 heterocycles. The molecule has 1 saturated heterocycles. The lowest BCUT2D eigenvalue weighted by molar-refractivity contribution is 0.0711. The fraction of sp³-hybridized carbons (Fsp3) is 0.444. The van der Waals surface area contributed by atoms with E-state index >= 15 is 0 Å². The van der Waals surface area contributed by atoms with E-state index in [1.807, 2.05) is 13.8 Å². The molecule has 0 spiro atoms. The van der Waals surface area contributed by atoms with E-state index in [0.29, 0.717) is 35.6 Å². The van der Waals surface area contributed by atoms with E-state index in [4.69, 9.17) is 8.94 Å². The van der Waals surface area contributed by atoms with Crippen molar-refractivity contribution < 1.29 is 13.7 Å². The van der Waals surface area contributed by atoms with E-state index in [1.54, 1.807) is 23.1 Å². The number of hydrogen-bond donors (Lipinski definition) is 1. The number of aromatic amines is 1. The second-order valence-electron chi connectivity index (χ2n) is 6.91. The molecule has 4 rings (SSSR count). The number of carbonyl (C=O) groups excluding carboxylic acids is 1. The summed E-state index contributed by atoms with van der Waals surface area (Å²) in [5.74, 6) is 1.07. The van der Waals surface area contributed by atoms with Gasteiger partial charge < -0.3 is 13.8 Å². The van der Waals surface area contributed by atoms with Gasteiger partial charge in [-0.15, -0.1) is 0 Å². The molecular weight excluding hydrogens is 336 g/mol. The Labute approximate surface area is 149 Å². The van der Waals surface area contributed by atoms with Crippen LogP contribution >= 0.6 is 0 Å². The summed E-state index contributed by atoms with van der Waals surface area (Å²) in [6.45, 7) is 5.22. The smallest absolute Gasteiger partial charge is 0.407 e. The van der Waals surface area contributed by atoms with Crippen LogP contribution in [0.1, 0.15) is 60.6 Å². The van der Waals surface area contributed by atoms with Crippen LogP contribution in [-0.4, -0.2) is 39.0 Å². The molecule has 1 fully saturated rings. The second-order valence-corrected chi connectivity index (χ2v) is 6.91. The lowest BCUT2D eigenvalue weighted by Crippen LogP contribution is -2.38. The fourth-order valence-corrected chi connectivity index (χ4v) is 3.30. The van der Waals surface area contributed by atoms with Crippen LogP contribution in [0.5, 0.6) is 0 Å². The first-order valence-corrected chi connectivity index (χ1v) is 8.77. The number of benzene rings is 1. The number of aromatic nitrogens is 3. The number of likely N-dealkylation sites (tertiary alicyclic amines) is 1. The van der Waals surface area contributed by atoms with Crippen molar-refractivity contribution in [2.75, 3.05) is 13.1 Å². The van der Waals surface area contributed by atoms with Crippen LogP contribution in [0.2, 0.25) is 0 Å².